The largest absolute Gasteiger partial charge is 0.453 e. The normalized spacial score (nSPS) is 10.9. The molecule has 0 aliphatic carbocycles. The number of hydrogen-bond acceptors (Lipinski definition) is 3. The molecule has 0 spiro atoms. The van der Waals surface area contributed by atoms with E-state index in [4.69, 9.17) is 0 Å². The van der Waals surface area contributed by atoms with Gasteiger partial charge in [-0.3, -0.25) is 5.32 Å². The molecule has 0 heterocycles. The van der Waals surface area contributed by atoms with Crippen molar-refractivity contribution in [3.8, 4) is 0 Å². The lowest BCUT2D eigenvalue weighted by atomic mass is 9.98. The van der Waals surface area contributed by atoms with Crippen LogP contribution in [0.15, 0.2) is 24.3 Å². The molecule has 2 N–H and O–H groups in total. The average molecular weight is 209 g/mol. The first-order valence-electron chi connectivity index (χ1n) is 4.61. The lowest BCUT2D eigenvalue weighted by Crippen LogP contribution is -2.16. The quantitative estimate of drug-likeness (QED) is 0.784. The highest BCUT2D eigenvalue weighted by Crippen LogP contribution is 2.22. The summed E-state index contributed by atoms with van der Waals surface area (Å²) in [6.45, 7) is 3.37. The van der Waals surface area contributed by atoms with Gasteiger partial charge in [0.25, 0.3) is 0 Å². The first kappa shape index (κ1) is 11.5. The van der Waals surface area contributed by atoms with Gasteiger partial charge in [0.15, 0.2) is 0 Å². The molecule has 0 saturated heterocycles. The van der Waals surface area contributed by atoms with E-state index in [-0.39, 0.29) is 0 Å². The van der Waals surface area contributed by atoms with E-state index in [0.29, 0.717) is 5.69 Å². The molecule has 4 nitrogen and oxygen atoms in total. The highest BCUT2D eigenvalue weighted by molar-refractivity contribution is 5.84. The molecule has 0 aliphatic rings. The minimum absolute atomic E-state index is 0.525. The highest BCUT2D eigenvalue weighted by atomic mass is 16.5. The Balaban J connectivity index is 2.88. The van der Waals surface area contributed by atoms with Crippen LogP contribution in [0.1, 0.15) is 19.4 Å². The Morgan fingerprint density at radius 2 is 2.13 bits per heavy atom. The van der Waals surface area contributed by atoms with Gasteiger partial charge in [0.1, 0.15) is 0 Å². The molecule has 15 heavy (non-hydrogen) atoms. The second kappa shape index (κ2) is 4.31. The lowest BCUT2D eigenvalue weighted by Gasteiger charge is -2.18. The van der Waals surface area contributed by atoms with E-state index in [2.05, 4.69) is 10.1 Å². The number of benzene rings is 1. The Kier molecular flexibility index (Phi) is 3.31. The highest BCUT2D eigenvalue weighted by Gasteiger charge is 2.16. The maximum atomic E-state index is 10.9. The number of ether oxygens (including phenoxy) is 1. The maximum absolute atomic E-state index is 10.9. The van der Waals surface area contributed by atoms with Gasteiger partial charge in [0.2, 0.25) is 0 Å². The number of carbonyl (C=O) groups is 1. The molecular formula is C11H15NO3. The first-order valence-corrected chi connectivity index (χ1v) is 4.61. The number of hydrogen-bond donors (Lipinski definition) is 2. The van der Waals surface area contributed by atoms with Crippen LogP contribution in [0.5, 0.6) is 0 Å². The molecule has 0 saturated carbocycles. The van der Waals surface area contributed by atoms with E-state index in [0.717, 1.165) is 5.56 Å². The minimum Gasteiger partial charge on any atom is -0.453 e. The summed E-state index contributed by atoms with van der Waals surface area (Å²) in [5.74, 6) is 0. The van der Waals surface area contributed by atoms with Gasteiger partial charge in [-0.05, 0) is 31.5 Å². The fourth-order valence-electron chi connectivity index (χ4n) is 1.15. The zero-order valence-electron chi connectivity index (χ0n) is 9.07. The van der Waals surface area contributed by atoms with E-state index in [1.54, 1.807) is 38.1 Å². The SMILES string of the molecule is COC(=O)Nc1cccc(C(C)(C)O)c1. The van der Waals surface area contributed by atoms with Crippen molar-refractivity contribution in [3.05, 3.63) is 29.8 Å². The zero-order chi connectivity index (χ0) is 11.5. The summed E-state index contributed by atoms with van der Waals surface area (Å²) < 4.78 is 4.47. The maximum Gasteiger partial charge on any atom is 0.411 e. The lowest BCUT2D eigenvalue weighted by molar-refractivity contribution is 0.0786. The van der Waals surface area contributed by atoms with E-state index in [1.165, 1.54) is 7.11 Å². The number of methoxy groups -OCH3 is 1. The van der Waals surface area contributed by atoms with Crippen LogP contribution >= 0.6 is 0 Å². The van der Waals surface area contributed by atoms with Gasteiger partial charge in [0.05, 0.1) is 12.7 Å². The molecule has 0 bridgehead atoms. The Morgan fingerprint density at radius 1 is 1.47 bits per heavy atom. The van der Waals surface area contributed by atoms with Gasteiger partial charge in [-0.1, -0.05) is 12.1 Å². The summed E-state index contributed by atoms with van der Waals surface area (Å²) in [5, 5.41) is 12.3. The van der Waals surface area contributed by atoms with Gasteiger partial charge in [-0.15, -0.1) is 0 Å². The number of amides is 1. The molecule has 82 valence electrons. The smallest absolute Gasteiger partial charge is 0.411 e. The third-order valence-corrected chi connectivity index (χ3v) is 2.00. The van der Waals surface area contributed by atoms with Gasteiger partial charge >= 0.3 is 6.09 Å². The van der Waals surface area contributed by atoms with Crippen molar-refractivity contribution in [3.63, 3.8) is 0 Å². The van der Waals surface area contributed by atoms with Crippen molar-refractivity contribution >= 4 is 11.8 Å². The monoisotopic (exact) mass is 209 g/mol. The molecule has 0 aromatic heterocycles. The molecular weight excluding hydrogens is 194 g/mol. The topological polar surface area (TPSA) is 58.6 Å². The molecule has 0 radical (unpaired) electrons. The van der Waals surface area contributed by atoms with Crippen LogP contribution in [0.4, 0.5) is 10.5 Å². The second-order valence-electron chi connectivity index (χ2n) is 3.76. The number of carbonyl (C=O) groups excluding carboxylic acids is 1. The minimum atomic E-state index is -0.923. The molecule has 4 heteroatoms. The van der Waals surface area contributed by atoms with Crippen LogP contribution in [0.25, 0.3) is 0 Å². The van der Waals surface area contributed by atoms with Gasteiger partial charge in [-0.25, -0.2) is 4.79 Å². The van der Waals surface area contributed by atoms with Crippen molar-refractivity contribution < 1.29 is 14.6 Å². The molecule has 0 atom stereocenters. The Labute approximate surface area is 88.9 Å². The summed E-state index contributed by atoms with van der Waals surface area (Å²) in [6, 6.07) is 6.99. The third-order valence-electron chi connectivity index (χ3n) is 2.00. The third kappa shape index (κ3) is 3.25. The van der Waals surface area contributed by atoms with Crippen molar-refractivity contribution in [2.24, 2.45) is 0 Å². The van der Waals surface area contributed by atoms with Crippen LogP contribution in [-0.4, -0.2) is 18.3 Å². The summed E-state index contributed by atoms with van der Waals surface area (Å²) >= 11 is 0. The van der Waals surface area contributed by atoms with Gasteiger partial charge in [-0.2, -0.15) is 0 Å². The average Bonchev–Trinajstić information content (AvgIpc) is 2.17. The summed E-state index contributed by atoms with van der Waals surface area (Å²) in [4.78, 5) is 10.9. The number of anilines is 1. The fraction of sp³-hybridized carbons (Fsp3) is 0.364. The molecule has 1 aromatic rings. The van der Waals surface area contributed by atoms with Crippen LogP contribution in [0, 0.1) is 0 Å². The predicted molar refractivity (Wildman–Crippen MR) is 57.7 cm³/mol. The van der Waals surface area contributed by atoms with Crippen molar-refractivity contribution in [2.45, 2.75) is 19.4 Å². The van der Waals surface area contributed by atoms with Gasteiger partial charge < -0.3 is 9.84 Å². The summed E-state index contributed by atoms with van der Waals surface area (Å²) in [5.41, 5.74) is 0.409. The van der Waals surface area contributed by atoms with E-state index < -0.39 is 11.7 Å². The molecule has 1 amide bonds. The molecule has 0 unspecified atom stereocenters. The fourth-order valence-corrected chi connectivity index (χ4v) is 1.15. The van der Waals surface area contributed by atoms with Crippen molar-refractivity contribution in [2.75, 3.05) is 12.4 Å². The van der Waals surface area contributed by atoms with Crippen LogP contribution in [0.2, 0.25) is 0 Å². The van der Waals surface area contributed by atoms with Gasteiger partial charge in [0, 0.05) is 5.69 Å². The van der Waals surface area contributed by atoms with Crippen LogP contribution in [0.3, 0.4) is 0 Å². The number of aliphatic hydroxyl groups is 1. The van der Waals surface area contributed by atoms with E-state index >= 15 is 0 Å². The summed E-state index contributed by atoms with van der Waals surface area (Å²) in [6.07, 6.45) is -0.525. The van der Waals surface area contributed by atoms with Crippen molar-refractivity contribution in [1.29, 1.82) is 0 Å². The van der Waals surface area contributed by atoms with E-state index in [1.807, 2.05) is 0 Å². The molecule has 0 fully saturated rings. The molecule has 0 aliphatic heterocycles. The predicted octanol–water partition coefficient (Wildman–Crippen LogP) is 2.09. The molecule has 1 rings (SSSR count). The molecule has 1 aromatic carbocycles. The second-order valence-corrected chi connectivity index (χ2v) is 3.76. The first-order chi connectivity index (χ1) is 6.93. The van der Waals surface area contributed by atoms with E-state index in [9.17, 15) is 9.90 Å². The Bertz CT molecular complexity index is 355. The Hall–Kier alpha value is -1.55. The van der Waals surface area contributed by atoms with Crippen molar-refractivity contribution in [1.82, 2.24) is 0 Å². The zero-order valence-corrected chi connectivity index (χ0v) is 9.07. The standard InChI is InChI=1S/C11H15NO3/c1-11(2,14)8-5-4-6-9(7-8)12-10(13)15-3/h4-7,14H,1-3H3,(H,12,13). The Morgan fingerprint density at radius 3 is 2.67 bits per heavy atom. The van der Waals surface area contributed by atoms with Crippen LogP contribution in [-0.2, 0) is 10.3 Å². The number of rotatable bonds is 2. The van der Waals surface area contributed by atoms with Crippen LogP contribution < -0.4 is 5.32 Å². The summed E-state index contributed by atoms with van der Waals surface area (Å²) in [7, 11) is 1.30. The number of nitrogens with one attached hydrogen (secondary N) is 1.